The Bertz CT molecular complexity index is 1240. The number of urea groups is 1. The van der Waals surface area contributed by atoms with Gasteiger partial charge in [0.25, 0.3) is 5.91 Å². The van der Waals surface area contributed by atoms with Gasteiger partial charge in [0.15, 0.2) is 0 Å². The molecule has 0 atom stereocenters. The van der Waals surface area contributed by atoms with Gasteiger partial charge in [-0.25, -0.2) is 9.69 Å². The van der Waals surface area contributed by atoms with Crippen molar-refractivity contribution in [2.75, 3.05) is 11.5 Å². The molecular weight excluding hydrogens is 432 g/mol. The van der Waals surface area contributed by atoms with Crippen LogP contribution in [0, 0.1) is 0 Å². The van der Waals surface area contributed by atoms with E-state index in [0.29, 0.717) is 22.2 Å². The molecule has 1 saturated heterocycles. The Kier molecular flexibility index (Phi) is 5.75. The molecule has 32 heavy (non-hydrogen) atoms. The van der Waals surface area contributed by atoms with Gasteiger partial charge in [-0.2, -0.15) is 4.90 Å². The number of anilines is 1. The molecule has 0 aromatic heterocycles. The van der Waals surface area contributed by atoms with Gasteiger partial charge in [0.1, 0.15) is 5.75 Å². The van der Waals surface area contributed by atoms with Crippen molar-refractivity contribution in [1.82, 2.24) is 4.90 Å². The molecule has 1 fully saturated rings. The fourth-order valence-corrected chi connectivity index (χ4v) is 3.62. The number of nitrogens with zero attached hydrogens (tertiary/aromatic N) is 2. The van der Waals surface area contributed by atoms with Gasteiger partial charge < -0.3 is 4.74 Å². The largest absolute Gasteiger partial charge is 0.493 e. The molecular formula is C24H17ClN2O5. The van der Waals surface area contributed by atoms with Crippen LogP contribution < -0.4 is 9.64 Å². The van der Waals surface area contributed by atoms with E-state index in [9.17, 15) is 19.2 Å². The Labute approximate surface area is 188 Å². The van der Waals surface area contributed by atoms with Crippen LogP contribution in [-0.4, -0.2) is 35.3 Å². The van der Waals surface area contributed by atoms with Crippen molar-refractivity contribution in [2.24, 2.45) is 0 Å². The summed E-state index contributed by atoms with van der Waals surface area (Å²) in [5, 5.41) is 0.0647. The van der Waals surface area contributed by atoms with Crippen LogP contribution in [0.4, 0.5) is 10.5 Å². The Hall–Kier alpha value is -3.97. The summed E-state index contributed by atoms with van der Waals surface area (Å²) >= 11 is 6.03. The van der Waals surface area contributed by atoms with Crippen molar-refractivity contribution >= 4 is 41.0 Å². The molecule has 0 N–H and O–H groups in total. The molecule has 1 heterocycles. The third-order valence-corrected chi connectivity index (χ3v) is 5.22. The number of imide groups is 4. The molecule has 0 aliphatic carbocycles. The molecule has 0 unspecified atom stereocenters. The number of carbonyl (C=O) groups excluding carboxylic acids is 4. The number of rotatable bonds is 5. The lowest BCUT2D eigenvalue weighted by Gasteiger charge is -2.17. The molecule has 0 spiro atoms. The van der Waals surface area contributed by atoms with Crippen LogP contribution in [0.25, 0.3) is 11.1 Å². The number of hydrogen-bond acceptors (Lipinski definition) is 5. The SMILES string of the molecule is CCOc1cc(N2C(=O)C(=O)N(C(=O)c3ccccc3Cl)C2=O)ccc1-c1ccccc1. The highest BCUT2D eigenvalue weighted by atomic mass is 35.5. The molecule has 1 aliphatic rings. The maximum atomic E-state index is 13.0. The van der Waals surface area contributed by atoms with Gasteiger partial charge in [-0.1, -0.05) is 54.1 Å². The molecule has 0 saturated carbocycles. The lowest BCUT2D eigenvalue weighted by molar-refractivity contribution is -0.138. The van der Waals surface area contributed by atoms with Gasteiger partial charge in [-0.05, 0) is 36.8 Å². The van der Waals surface area contributed by atoms with E-state index in [0.717, 1.165) is 11.1 Å². The van der Waals surface area contributed by atoms with Crippen molar-refractivity contribution in [3.8, 4) is 16.9 Å². The van der Waals surface area contributed by atoms with Crippen molar-refractivity contribution < 1.29 is 23.9 Å². The molecule has 0 bridgehead atoms. The first-order valence-electron chi connectivity index (χ1n) is 9.77. The van der Waals surface area contributed by atoms with E-state index in [4.69, 9.17) is 16.3 Å². The summed E-state index contributed by atoms with van der Waals surface area (Å²) in [6, 6.07) is 19.1. The van der Waals surface area contributed by atoms with Crippen LogP contribution in [0.3, 0.4) is 0 Å². The first-order valence-corrected chi connectivity index (χ1v) is 10.2. The van der Waals surface area contributed by atoms with Crippen LogP contribution in [0.15, 0.2) is 72.8 Å². The quantitative estimate of drug-likeness (QED) is 0.325. The zero-order valence-corrected chi connectivity index (χ0v) is 17.7. The lowest BCUT2D eigenvalue weighted by Crippen LogP contribution is -2.38. The molecule has 4 rings (SSSR count). The molecule has 3 aromatic carbocycles. The highest BCUT2D eigenvalue weighted by Crippen LogP contribution is 2.35. The minimum Gasteiger partial charge on any atom is -0.493 e. The third-order valence-electron chi connectivity index (χ3n) is 4.89. The van der Waals surface area contributed by atoms with Crippen molar-refractivity contribution in [2.45, 2.75) is 6.92 Å². The standard InChI is InChI=1S/C24H17ClN2O5/c1-2-32-20-14-16(12-13-17(20)15-8-4-3-5-9-15)26-22(29)23(30)27(24(26)31)21(28)18-10-6-7-11-19(18)25/h3-14H,2H2,1H3. The van der Waals surface area contributed by atoms with E-state index < -0.39 is 23.8 Å². The monoisotopic (exact) mass is 448 g/mol. The fraction of sp³-hybridized carbons (Fsp3) is 0.0833. The number of halogens is 1. The minimum atomic E-state index is -1.25. The van der Waals surface area contributed by atoms with Crippen LogP contribution in [0.1, 0.15) is 17.3 Å². The van der Waals surface area contributed by atoms with Crippen molar-refractivity contribution in [3.05, 3.63) is 83.4 Å². The number of benzene rings is 3. The van der Waals surface area contributed by atoms with Gasteiger partial charge in [0, 0.05) is 11.6 Å². The lowest BCUT2D eigenvalue weighted by atomic mass is 10.0. The first-order chi connectivity index (χ1) is 15.4. The Morgan fingerprint density at radius 3 is 2.28 bits per heavy atom. The van der Waals surface area contributed by atoms with Gasteiger partial charge in [0.2, 0.25) is 0 Å². The Balaban J connectivity index is 1.72. The molecule has 0 radical (unpaired) electrons. The van der Waals surface area contributed by atoms with E-state index in [1.165, 1.54) is 24.3 Å². The summed E-state index contributed by atoms with van der Waals surface area (Å²) in [5.41, 5.74) is 1.70. The van der Waals surface area contributed by atoms with Crippen molar-refractivity contribution in [3.63, 3.8) is 0 Å². The summed E-state index contributed by atoms with van der Waals surface area (Å²) in [5.74, 6) is -2.91. The summed E-state index contributed by atoms with van der Waals surface area (Å²) in [7, 11) is 0. The molecule has 3 aromatic rings. The van der Waals surface area contributed by atoms with E-state index in [-0.39, 0.29) is 16.3 Å². The summed E-state index contributed by atoms with van der Waals surface area (Å²) < 4.78 is 5.72. The van der Waals surface area contributed by atoms with E-state index in [1.54, 1.807) is 25.1 Å². The average molecular weight is 449 g/mol. The zero-order valence-electron chi connectivity index (χ0n) is 16.9. The number of ether oxygens (including phenoxy) is 1. The molecule has 7 nitrogen and oxygen atoms in total. The minimum absolute atomic E-state index is 0.0556. The second kappa shape index (κ2) is 8.64. The highest BCUT2D eigenvalue weighted by Gasteiger charge is 2.49. The molecule has 1 aliphatic heterocycles. The average Bonchev–Trinajstić information content (AvgIpc) is 3.02. The van der Waals surface area contributed by atoms with Crippen LogP contribution in [0.2, 0.25) is 5.02 Å². The maximum Gasteiger partial charge on any atom is 0.346 e. The van der Waals surface area contributed by atoms with E-state index in [2.05, 4.69) is 0 Å². The van der Waals surface area contributed by atoms with Gasteiger partial charge >= 0.3 is 17.8 Å². The second-order valence-corrected chi connectivity index (χ2v) is 7.24. The topological polar surface area (TPSA) is 84.0 Å². The Morgan fingerprint density at radius 2 is 1.59 bits per heavy atom. The number of carbonyl (C=O) groups is 4. The number of amides is 5. The third kappa shape index (κ3) is 3.63. The summed E-state index contributed by atoms with van der Waals surface area (Å²) in [6.07, 6.45) is 0. The molecule has 160 valence electrons. The first kappa shape index (κ1) is 21.3. The van der Waals surface area contributed by atoms with E-state index in [1.807, 2.05) is 30.3 Å². The predicted molar refractivity (Wildman–Crippen MR) is 119 cm³/mol. The summed E-state index contributed by atoms with van der Waals surface area (Å²) in [6.45, 7) is 2.16. The van der Waals surface area contributed by atoms with Crippen LogP contribution >= 0.6 is 11.6 Å². The van der Waals surface area contributed by atoms with Gasteiger partial charge in [0.05, 0.1) is 22.9 Å². The number of hydrogen-bond donors (Lipinski definition) is 0. The molecule has 5 amide bonds. The fourth-order valence-electron chi connectivity index (χ4n) is 3.41. The van der Waals surface area contributed by atoms with Gasteiger partial charge in [-0.3, -0.25) is 14.4 Å². The van der Waals surface area contributed by atoms with Crippen LogP contribution in [0.5, 0.6) is 5.75 Å². The van der Waals surface area contributed by atoms with Gasteiger partial charge in [-0.15, -0.1) is 0 Å². The normalized spacial score (nSPS) is 13.6. The zero-order chi connectivity index (χ0) is 22.8. The Morgan fingerprint density at radius 1 is 0.906 bits per heavy atom. The predicted octanol–water partition coefficient (Wildman–Crippen LogP) is 4.54. The maximum absolute atomic E-state index is 13.0. The second-order valence-electron chi connectivity index (χ2n) is 6.83. The van der Waals surface area contributed by atoms with Crippen molar-refractivity contribution in [1.29, 1.82) is 0 Å². The highest BCUT2D eigenvalue weighted by molar-refractivity contribution is 6.56. The summed E-state index contributed by atoms with van der Waals surface area (Å²) in [4.78, 5) is 52.0. The smallest absolute Gasteiger partial charge is 0.346 e. The van der Waals surface area contributed by atoms with Crippen LogP contribution in [-0.2, 0) is 9.59 Å². The van der Waals surface area contributed by atoms with E-state index >= 15 is 0 Å². The molecule has 8 heteroatoms.